The van der Waals surface area contributed by atoms with Crippen LogP contribution in [0.5, 0.6) is 0 Å². The Morgan fingerprint density at radius 2 is 1.80 bits per heavy atom. The van der Waals surface area contributed by atoms with Crippen molar-refractivity contribution >= 4 is 5.96 Å². The number of nitrogens with one attached hydrogen (secondary N) is 2. The lowest BCUT2D eigenvalue weighted by molar-refractivity contribution is 0.463. The second-order valence-corrected chi connectivity index (χ2v) is 7.81. The lowest BCUT2D eigenvalue weighted by atomic mass is 10.1. The number of benzene rings is 1. The average Bonchev–Trinajstić information content (AvgIpc) is 3.55. The van der Waals surface area contributed by atoms with Crippen molar-refractivity contribution in [2.45, 2.75) is 51.1 Å². The first-order valence-corrected chi connectivity index (χ1v) is 11.0. The SMILES string of the molecule is c1ccc(CCNC(=NCc2ccn(C3CCCC3)n2)NCCc2ccco2)cc1. The van der Waals surface area contributed by atoms with Crippen molar-refractivity contribution in [3.8, 4) is 0 Å². The summed E-state index contributed by atoms with van der Waals surface area (Å²) in [6, 6.07) is 17.1. The predicted molar refractivity (Wildman–Crippen MR) is 119 cm³/mol. The molecule has 2 heterocycles. The number of aromatic nitrogens is 2. The predicted octanol–water partition coefficient (Wildman–Crippen LogP) is 4.11. The van der Waals surface area contributed by atoms with E-state index in [0.717, 1.165) is 43.3 Å². The van der Waals surface area contributed by atoms with Gasteiger partial charge in [-0.2, -0.15) is 5.10 Å². The van der Waals surface area contributed by atoms with E-state index >= 15 is 0 Å². The quantitative estimate of drug-likeness (QED) is 0.415. The molecule has 0 bridgehead atoms. The molecule has 0 saturated heterocycles. The van der Waals surface area contributed by atoms with Gasteiger partial charge in [-0.15, -0.1) is 0 Å². The third kappa shape index (κ3) is 5.99. The molecule has 6 heteroatoms. The van der Waals surface area contributed by atoms with Gasteiger partial charge < -0.3 is 15.1 Å². The van der Waals surface area contributed by atoms with Crippen LogP contribution in [0.3, 0.4) is 0 Å². The Morgan fingerprint density at radius 1 is 1.00 bits per heavy atom. The molecule has 2 N–H and O–H groups in total. The second kappa shape index (κ2) is 10.7. The number of hydrogen-bond donors (Lipinski definition) is 2. The molecule has 0 spiro atoms. The summed E-state index contributed by atoms with van der Waals surface area (Å²) in [5.41, 5.74) is 2.33. The van der Waals surface area contributed by atoms with Gasteiger partial charge in [-0.1, -0.05) is 43.2 Å². The summed E-state index contributed by atoms with van der Waals surface area (Å²) < 4.78 is 7.55. The standard InChI is InChI=1S/C24H31N5O/c1-2-7-20(8-3-1)12-15-25-24(26-16-13-23-11-6-18-30-23)27-19-21-14-17-29(28-21)22-9-4-5-10-22/h1-3,6-8,11,14,17-18,22H,4-5,9-10,12-13,15-16,19H2,(H2,25,26,27). The summed E-state index contributed by atoms with van der Waals surface area (Å²) in [4.78, 5) is 4.77. The molecule has 6 nitrogen and oxygen atoms in total. The number of furan rings is 1. The monoisotopic (exact) mass is 405 g/mol. The third-order valence-corrected chi connectivity index (χ3v) is 5.55. The topological polar surface area (TPSA) is 67.4 Å². The van der Waals surface area contributed by atoms with Crippen LogP contribution in [-0.4, -0.2) is 28.8 Å². The van der Waals surface area contributed by atoms with E-state index in [-0.39, 0.29) is 0 Å². The van der Waals surface area contributed by atoms with Gasteiger partial charge in [0.05, 0.1) is 24.5 Å². The molecule has 1 aliphatic carbocycles. The number of nitrogens with zero attached hydrogens (tertiary/aromatic N) is 3. The van der Waals surface area contributed by atoms with Crippen LogP contribution in [0.4, 0.5) is 0 Å². The number of rotatable bonds is 9. The van der Waals surface area contributed by atoms with Crippen LogP contribution in [0.1, 0.15) is 48.7 Å². The fourth-order valence-corrected chi connectivity index (χ4v) is 3.90. The van der Waals surface area contributed by atoms with Gasteiger partial charge in [-0.3, -0.25) is 4.68 Å². The van der Waals surface area contributed by atoms with E-state index in [2.05, 4.69) is 51.8 Å². The number of guanidine groups is 1. The van der Waals surface area contributed by atoms with Gasteiger partial charge in [-0.25, -0.2) is 4.99 Å². The fraction of sp³-hybridized carbons (Fsp3) is 0.417. The van der Waals surface area contributed by atoms with Gasteiger partial charge in [0.25, 0.3) is 0 Å². The van der Waals surface area contributed by atoms with Gasteiger partial charge in [0.15, 0.2) is 5.96 Å². The number of hydrogen-bond acceptors (Lipinski definition) is 3. The molecule has 1 saturated carbocycles. The maximum absolute atomic E-state index is 5.42. The first-order valence-electron chi connectivity index (χ1n) is 11.0. The Labute approximate surface area is 178 Å². The Morgan fingerprint density at radius 3 is 2.57 bits per heavy atom. The highest BCUT2D eigenvalue weighted by molar-refractivity contribution is 5.79. The van der Waals surface area contributed by atoms with E-state index < -0.39 is 0 Å². The molecule has 1 aromatic carbocycles. The fourth-order valence-electron chi connectivity index (χ4n) is 3.90. The molecule has 1 fully saturated rings. The first kappa shape index (κ1) is 20.3. The molecule has 30 heavy (non-hydrogen) atoms. The Hall–Kier alpha value is -3.02. The second-order valence-electron chi connectivity index (χ2n) is 7.81. The van der Waals surface area contributed by atoms with Crippen LogP contribution >= 0.6 is 0 Å². The minimum Gasteiger partial charge on any atom is -0.469 e. The molecule has 0 aliphatic heterocycles. The van der Waals surface area contributed by atoms with Crippen LogP contribution in [-0.2, 0) is 19.4 Å². The lowest BCUT2D eigenvalue weighted by Gasteiger charge is -2.12. The van der Waals surface area contributed by atoms with Gasteiger partial charge in [-0.05, 0) is 43.0 Å². The molecule has 2 aromatic heterocycles. The highest BCUT2D eigenvalue weighted by Gasteiger charge is 2.17. The Balaban J connectivity index is 1.32. The van der Waals surface area contributed by atoms with Gasteiger partial charge in [0, 0.05) is 25.7 Å². The van der Waals surface area contributed by atoms with E-state index in [4.69, 9.17) is 14.5 Å². The molecular formula is C24H31N5O. The molecule has 0 amide bonds. The largest absolute Gasteiger partial charge is 0.469 e. The van der Waals surface area contributed by atoms with Crippen molar-refractivity contribution in [1.29, 1.82) is 0 Å². The molecule has 0 unspecified atom stereocenters. The summed E-state index contributed by atoms with van der Waals surface area (Å²) in [6.07, 6.45) is 10.7. The van der Waals surface area contributed by atoms with Crippen molar-refractivity contribution in [2.24, 2.45) is 4.99 Å². The third-order valence-electron chi connectivity index (χ3n) is 5.55. The maximum atomic E-state index is 5.42. The zero-order chi connectivity index (χ0) is 20.4. The maximum Gasteiger partial charge on any atom is 0.191 e. The van der Waals surface area contributed by atoms with Gasteiger partial charge >= 0.3 is 0 Å². The van der Waals surface area contributed by atoms with E-state index in [1.165, 1.54) is 31.2 Å². The van der Waals surface area contributed by atoms with Crippen molar-refractivity contribution in [3.05, 3.63) is 78.0 Å². The highest BCUT2D eigenvalue weighted by atomic mass is 16.3. The first-order chi connectivity index (χ1) is 14.9. The summed E-state index contributed by atoms with van der Waals surface area (Å²) in [6.45, 7) is 2.16. The van der Waals surface area contributed by atoms with E-state index in [0.29, 0.717) is 12.6 Å². The minimum absolute atomic E-state index is 0.567. The van der Waals surface area contributed by atoms with Crippen LogP contribution < -0.4 is 10.6 Å². The van der Waals surface area contributed by atoms with Crippen molar-refractivity contribution in [1.82, 2.24) is 20.4 Å². The van der Waals surface area contributed by atoms with Crippen LogP contribution in [0, 0.1) is 0 Å². The van der Waals surface area contributed by atoms with Gasteiger partial charge in [0.2, 0.25) is 0 Å². The lowest BCUT2D eigenvalue weighted by Crippen LogP contribution is -2.39. The van der Waals surface area contributed by atoms with E-state index in [1.54, 1.807) is 6.26 Å². The van der Waals surface area contributed by atoms with E-state index in [1.807, 2.05) is 18.2 Å². The van der Waals surface area contributed by atoms with Crippen LogP contribution in [0.2, 0.25) is 0 Å². The summed E-state index contributed by atoms with van der Waals surface area (Å²) in [5.74, 6) is 1.79. The zero-order valence-corrected chi connectivity index (χ0v) is 17.5. The molecule has 4 rings (SSSR count). The minimum atomic E-state index is 0.567. The van der Waals surface area contributed by atoms with E-state index in [9.17, 15) is 0 Å². The summed E-state index contributed by atoms with van der Waals surface area (Å²) >= 11 is 0. The molecule has 1 aliphatic rings. The highest BCUT2D eigenvalue weighted by Crippen LogP contribution is 2.28. The van der Waals surface area contributed by atoms with Crippen LogP contribution in [0.25, 0.3) is 0 Å². The molecular weight excluding hydrogens is 374 g/mol. The van der Waals surface area contributed by atoms with Crippen molar-refractivity contribution < 1.29 is 4.42 Å². The summed E-state index contributed by atoms with van der Waals surface area (Å²) in [5, 5.41) is 11.6. The Bertz CT molecular complexity index is 895. The molecule has 3 aromatic rings. The zero-order valence-electron chi connectivity index (χ0n) is 17.5. The van der Waals surface area contributed by atoms with Crippen molar-refractivity contribution in [2.75, 3.05) is 13.1 Å². The molecule has 0 atom stereocenters. The normalized spacial score (nSPS) is 14.9. The van der Waals surface area contributed by atoms with Gasteiger partial charge in [0.1, 0.15) is 5.76 Å². The molecule has 0 radical (unpaired) electrons. The summed E-state index contributed by atoms with van der Waals surface area (Å²) in [7, 11) is 0. The smallest absolute Gasteiger partial charge is 0.191 e. The van der Waals surface area contributed by atoms with Crippen molar-refractivity contribution in [3.63, 3.8) is 0 Å². The number of aliphatic imine (C=N–C) groups is 1. The van der Waals surface area contributed by atoms with Crippen LogP contribution in [0.15, 0.2) is 70.4 Å². The average molecular weight is 406 g/mol. The molecule has 158 valence electrons. The Kier molecular flexibility index (Phi) is 7.21.